The minimum atomic E-state index is 0.431. The average Bonchev–Trinajstić information content (AvgIpc) is 2.50. The number of rotatable bonds is 4. The lowest BCUT2D eigenvalue weighted by Gasteiger charge is -1.96. The van der Waals surface area contributed by atoms with Crippen LogP contribution in [0.3, 0.4) is 0 Å². The Hall–Kier alpha value is -1.27. The van der Waals surface area contributed by atoms with E-state index in [0.717, 1.165) is 5.76 Å². The maximum Gasteiger partial charge on any atom is 0.129 e. The highest BCUT2D eigenvalue weighted by atomic mass is 16.5. The monoisotopic (exact) mass is 151 g/mol. The van der Waals surface area contributed by atoms with Crippen LogP contribution in [0.25, 0.3) is 0 Å². The van der Waals surface area contributed by atoms with Crippen molar-refractivity contribution in [1.29, 1.82) is 5.26 Å². The zero-order valence-corrected chi connectivity index (χ0v) is 6.12. The quantitative estimate of drug-likeness (QED) is 0.615. The molecule has 0 aliphatic rings. The number of furan rings is 1. The van der Waals surface area contributed by atoms with Crippen LogP contribution in [0.4, 0.5) is 0 Å². The van der Waals surface area contributed by atoms with Crippen LogP contribution in [0, 0.1) is 11.3 Å². The molecular weight excluding hydrogens is 142 g/mol. The molecular formula is C8H9NO2. The fraction of sp³-hybridized carbons (Fsp3) is 0.375. The van der Waals surface area contributed by atoms with Crippen molar-refractivity contribution in [1.82, 2.24) is 0 Å². The second-order valence-corrected chi connectivity index (χ2v) is 2.04. The third kappa shape index (κ3) is 2.87. The highest BCUT2D eigenvalue weighted by molar-refractivity contribution is 4.95. The van der Waals surface area contributed by atoms with E-state index >= 15 is 0 Å². The molecule has 1 rings (SSSR count). The minimum absolute atomic E-state index is 0.431. The molecule has 11 heavy (non-hydrogen) atoms. The summed E-state index contributed by atoms with van der Waals surface area (Å²) in [5.74, 6) is 0.794. The molecule has 0 bridgehead atoms. The van der Waals surface area contributed by atoms with Gasteiger partial charge in [-0.15, -0.1) is 0 Å². The summed E-state index contributed by atoms with van der Waals surface area (Å²) in [7, 11) is 0. The summed E-state index contributed by atoms with van der Waals surface area (Å²) in [4.78, 5) is 0. The summed E-state index contributed by atoms with van der Waals surface area (Å²) in [6.07, 6.45) is 2.03. The van der Waals surface area contributed by atoms with Crippen LogP contribution in [0.15, 0.2) is 22.8 Å². The van der Waals surface area contributed by atoms with Crippen LogP contribution in [0.2, 0.25) is 0 Å². The summed E-state index contributed by atoms with van der Waals surface area (Å²) >= 11 is 0. The largest absolute Gasteiger partial charge is 0.467 e. The summed E-state index contributed by atoms with van der Waals surface area (Å²) in [5.41, 5.74) is 0. The van der Waals surface area contributed by atoms with E-state index in [-0.39, 0.29) is 0 Å². The van der Waals surface area contributed by atoms with Gasteiger partial charge in [0.05, 0.1) is 25.4 Å². The molecule has 0 aliphatic heterocycles. The molecule has 0 saturated heterocycles. The van der Waals surface area contributed by atoms with Gasteiger partial charge in [0.2, 0.25) is 0 Å². The average molecular weight is 151 g/mol. The summed E-state index contributed by atoms with van der Waals surface area (Å²) in [6.45, 7) is 0.922. The minimum Gasteiger partial charge on any atom is -0.467 e. The third-order valence-electron chi connectivity index (χ3n) is 1.18. The summed E-state index contributed by atoms with van der Waals surface area (Å²) in [5, 5.41) is 8.17. The van der Waals surface area contributed by atoms with Gasteiger partial charge in [-0.25, -0.2) is 0 Å². The van der Waals surface area contributed by atoms with E-state index in [9.17, 15) is 0 Å². The number of hydrogen-bond acceptors (Lipinski definition) is 3. The molecule has 1 heterocycles. The number of nitrogens with zero attached hydrogens (tertiary/aromatic N) is 1. The molecule has 3 heteroatoms. The van der Waals surface area contributed by atoms with Gasteiger partial charge in [0.15, 0.2) is 0 Å². The van der Waals surface area contributed by atoms with Crippen molar-refractivity contribution in [2.45, 2.75) is 13.0 Å². The van der Waals surface area contributed by atoms with Gasteiger partial charge in [0.25, 0.3) is 0 Å². The molecule has 3 nitrogen and oxygen atoms in total. The van der Waals surface area contributed by atoms with E-state index in [1.807, 2.05) is 18.2 Å². The lowest BCUT2D eigenvalue weighted by Crippen LogP contribution is -1.92. The molecule has 0 N–H and O–H groups in total. The van der Waals surface area contributed by atoms with E-state index in [0.29, 0.717) is 19.6 Å². The Bertz CT molecular complexity index is 223. The van der Waals surface area contributed by atoms with Crippen molar-refractivity contribution in [2.75, 3.05) is 6.61 Å². The van der Waals surface area contributed by atoms with E-state index < -0.39 is 0 Å². The second-order valence-electron chi connectivity index (χ2n) is 2.04. The van der Waals surface area contributed by atoms with Crippen LogP contribution in [-0.2, 0) is 11.3 Å². The molecule has 0 fully saturated rings. The van der Waals surface area contributed by atoms with E-state index in [2.05, 4.69) is 0 Å². The fourth-order valence-electron chi connectivity index (χ4n) is 0.685. The van der Waals surface area contributed by atoms with Crippen molar-refractivity contribution in [3.8, 4) is 6.07 Å². The van der Waals surface area contributed by atoms with Crippen LogP contribution < -0.4 is 0 Å². The molecule has 58 valence electrons. The summed E-state index contributed by atoms with van der Waals surface area (Å²) < 4.78 is 10.1. The van der Waals surface area contributed by atoms with Crippen LogP contribution >= 0.6 is 0 Å². The number of ether oxygens (including phenoxy) is 1. The maximum absolute atomic E-state index is 8.17. The molecule has 1 aromatic rings. The standard InChI is InChI=1S/C8H9NO2/c9-4-2-5-10-7-8-3-1-6-11-8/h1,3,6H,2,5,7H2. The Morgan fingerprint density at radius 1 is 1.64 bits per heavy atom. The Balaban J connectivity index is 2.10. The number of hydrogen-bond donors (Lipinski definition) is 0. The molecule has 0 aliphatic carbocycles. The zero-order valence-electron chi connectivity index (χ0n) is 6.12. The molecule has 0 radical (unpaired) electrons. The normalized spacial score (nSPS) is 9.36. The second kappa shape index (κ2) is 4.53. The molecule has 0 aromatic carbocycles. The highest BCUT2D eigenvalue weighted by Gasteiger charge is 1.93. The Morgan fingerprint density at radius 2 is 2.55 bits per heavy atom. The van der Waals surface area contributed by atoms with Crippen molar-refractivity contribution < 1.29 is 9.15 Å². The smallest absolute Gasteiger partial charge is 0.129 e. The zero-order chi connectivity index (χ0) is 7.94. The highest BCUT2D eigenvalue weighted by Crippen LogP contribution is 2.01. The molecule has 0 unspecified atom stereocenters. The lowest BCUT2D eigenvalue weighted by atomic mass is 10.5. The Kier molecular flexibility index (Phi) is 3.23. The first kappa shape index (κ1) is 7.83. The molecule has 0 atom stereocenters. The number of nitriles is 1. The van der Waals surface area contributed by atoms with E-state index in [1.165, 1.54) is 0 Å². The van der Waals surface area contributed by atoms with Gasteiger partial charge >= 0.3 is 0 Å². The van der Waals surface area contributed by atoms with Gasteiger partial charge in [-0.1, -0.05) is 0 Å². The Labute approximate surface area is 65.2 Å². The van der Waals surface area contributed by atoms with Gasteiger partial charge in [0.1, 0.15) is 12.4 Å². The van der Waals surface area contributed by atoms with Crippen LogP contribution in [-0.4, -0.2) is 6.61 Å². The topological polar surface area (TPSA) is 46.2 Å². The molecule has 0 saturated carbocycles. The van der Waals surface area contributed by atoms with Gasteiger partial charge in [0, 0.05) is 0 Å². The summed E-state index contributed by atoms with van der Waals surface area (Å²) in [6, 6.07) is 5.64. The first-order chi connectivity index (χ1) is 5.43. The molecule has 0 amide bonds. The van der Waals surface area contributed by atoms with Crippen molar-refractivity contribution in [2.24, 2.45) is 0 Å². The first-order valence-corrected chi connectivity index (χ1v) is 3.40. The molecule has 0 spiro atoms. The van der Waals surface area contributed by atoms with Crippen molar-refractivity contribution >= 4 is 0 Å². The fourth-order valence-corrected chi connectivity index (χ4v) is 0.685. The lowest BCUT2D eigenvalue weighted by molar-refractivity contribution is 0.111. The predicted octanol–water partition coefficient (Wildman–Crippen LogP) is 1.71. The van der Waals surface area contributed by atoms with Gasteiger partial charge in [-0.05, 0) is 12.1 Å². The van der Waals surface area contributed by atoms with Gasteiger partial charge in [-0.2, -0.15) is 5.26 Å². The molecule has 1 aromatic heterocycles. The van der Waals surface area contributed by atoms with Gasteiger partial charge < -0.3 is 9.15 Å². The van der Waals surface area contributed by atoms with Crippen molar-refractivity contribution in [3.63, 3.8) is 0 Å². The van der Waals surface area contributed by atoms with Crippen LogP contribution in [0.1, 0.15) is 12.2 Å². The van der Waals surface area contributed by atoms with Gasteiger partial charge in [-0.3, -0.25) is 0 Å². The predicted molar refractivity (Wildman–Crippen MR) is 38.6 cm³/mol. The van der Waals surface area contributed by atoms with Crippen LogP contribution in [0.5, 0.6) is 0 Å². The SMILES string of the molecule is N#CCCOCc1ccco1. The third-order valence-corrected chi connectivity index (χ3v) is 1.18. The van der Waals surface area contributed by atoms with E-state index in [4.69, 9.17) is 14.4 Å². The Morgan fingerprint density at radius 3 is 3.18 bits per heavy atom. The van der Waals surface area contributed by atoms with E-state index in [1.54, 1.807) is 6.26 Å². The first-order valence-electron chi connectivity index (χ1n) is 3.40. The maximum atomic E-state index is 8.17. The van der Waals surface area contributed by atoms with Crippen molar-refractivity contribution in [3.05, 3.63) is 24.2 Å².